The van der Waals surface area contributed by atoms with Gasteiger partial charge in [-0.15, -0.1) is 0 Å². The Morgan fingerprint density at radius 2 is 1.82 bits per heavy atom. The minimum absolute atomic E-state index is 0.141. The number of pyridine rings is 2. The number of ether oxygens (including phenoxy) is 1. The van der Waals surface area contributed by atoms with Crippen LogP contribution in [-0.2, 0) is 22.5 Å². The van der Waals surface area contributed by atoms with E-state index in [1.54, 1.807) is 0 Å². The molecule has 0 aromatic carbocycles. The van der Waals surface area contributed by atoms with Crippen LogP contribution in [0.1, 0.15) is 62.0 Å². The number of hydrogen-bond acceptors (Lipinski definition) is 7. The highest BCUT2D eigenvalue weighted by Gasteiger charge is 2.43. The Morgan fingerprint density at radius 3 is 2.58 bits per heavy atom. The van der Waals surface area contributed by atoms with Crippen LogP contribution in [0.3, 0.4) is 0 Å². The van der Waals surface area contributed by atoms with Gasteiger partial charge in [0.2, 0.25) is 0 Å². The van der Waals surface area contributed by atoms with Gasteiger partial charge in [0.05, 0.1) is 23.5 Å². The van der Waals surface area contributed by atoms with E-state index < -0.39 is 5.41 Å². The maximum Gasteiger partial charge on any atom is 0.321 e. The average Bonchev–Trinajstić information content (AvgIpc) is 2.98. The lowest BCUT2D eigenvalue weighted by Gasteiger charge is -2.45. The fourth-order valence-corrected chi connectivity index (χ4v) is 6.03. The highest BCUT2D eigenvalue weighted by molar-refractivity contribution is 5.82. The minimum atomic E-state index is -0.845. The molecule has 3 aliphatic rings. The third-order valence-electron chi connectivity index (χ3n) is 8.22. The van der Waals surface area contributed by atoms with Crippen LogP contribution in [-0.4, -0.2) is 59.2 Å². The predicted octanol–water partition coefficient (Wildman–Crippen LogP) is 4.13. The van der Waals surface area contributed by atoms with Crippen molar-refractivity contribution in [2.24, 2.45) is 5.41 Å². The number of likely N-dealkylation sites (tertiary alicyclic amines) is 1. The van der Waals surface area contributed by atoms with Gasteiger partial charge in [-0.2, -0.15) is 0 Å². The predicted molar refractivity (Wildman–Crippen MR) is 149 cm³/mol. The molecule has 2 N–H and O–H groups in total. The monoisotopic (exact) mass is 515 g/mol. The molecule has 1 atom stereocenters. The van der Waals surface area contributed by atoms with Gasteiger partial charge < -0.3 is 15.4 Å². The lowest BCUT2D eigenvalue weighted by molar-refractivity contribution is -0.150. The van der Waals surface area contributed by atoms with E-state index in [0.29, 0.717) is 19.7 Å². The summed E-state index contributed by atoms with van der Waals surface area (Å²) in [6, 6.07) is 10.3. The van der Waals surface area contributed by atoms with E-state index in [9.17, 15) is 4.79 Å². The molecule has 7 nitrogen and oxygen atoms in total. The molecule has 7 heteroatoms. The molecule has 38 heavy (non-hydrogen) atoms. The number of carbonyl (C=O) groups excluding carboxylic acids is 1. The lowest BCUT2D eigenvalue weighted by Crippen LogP contribution is -2.56. The number of aromatic nitrogens is 2. The van der Waals surface area contributed by atoms with Crippen molar-refractivity contribution in [1.82, 2.24) is 25.5 Å². The van der Waals surface area contributed by atoms with Crippen molar-refractivity contribution in [3.8, 4) is 0 Å². The number of rotatable bonds is 10. The first-order valence-corrected chi connectivity index (χ1v) is 14.2. The molecular formula is C31H41N5O2. The second-order valence-electron chi connectivity index (χ2n) is 10.8. The molecule has 1 fully saturated rings. The van der Waals surface area contributed by atoms with Crippen molar-refractivity contribution in [1.29, 1.82) is 0 Å². The molecule has 0 spiro atoms. The zero-order chi connectivity index (χ0) is 26.3. The van der Waals surface area contributed by atoms with Crippen molar-refractivity contribution in [2.45, 2.75) is 63.6 Å². The smallest absolute Gasteiger partial charge is 0.321 e. The molecule has 2 aromatic heterocycles. The van der Waals surface area contributed by atoms with E-state index in [0.717, 1.165) is 50.3 Å². The normalized spacial score (nSPS) is 27.1. The van der Waals surface area contributed by atoms with Gasteiger partial charge in [-0.1, -0.05) is 42.9 Å². The Bertz CT molecular complexity index is 1110. The molecule has 0 saturated carbocycles. The summed E-state index contributed by atoms with van der Waals surface area (Å²) in [7, 11) is 0. The molecule has 1 unspecified atom stereocenters. The van der Waals surface area contributed by atoms with E-state index in [2.05, 4.69) is 55.9 Å². The highest BCUT2D eigenvalue weighted by Crippen LogP contribution is 2.36. The van der Waals surface area contributed by atoms with Crippen LogP contribution < -0.4 is 10.6 Å². The van der Waals surface area contributed by atoms with Crippen LogP contribution in [0.15, 0.2) is 67.0 Å². The summed E-state index contributed by atoms with van der Waals surface area (Å²) in [6.07, 6.45) is 19.2. The van der Waals surface area contributed by atoms with Gasteiger partial charge in [0, 0.05) is 38.1 Å². The zero-order valence-electron chi connectivity index (χ0n) is 22.6. The molecule has 3 heterocycles. The van der Waals surface area contributed by atoms with Crippen LogP contribution in [0, 0.1) is 5.41 Å². The fraction of sp³-hybridized carbons (Fsp3) is 0.516. The first kappa shape index (κ1) is 26.7. The number of piperidine rings is 1. The van der Waals surface area contributed by atoms with Crippen molar-refractivity contribution >= 4 is 5.97 Å². The Kier molecular flexibility index (Phi) is 8.67. The Balaban J connectivity index is 1.36. The Hall–Kier alpha value is -2.87. The molecule has 5 rings (SSSR count). The molecule has 0 amide bonds. The number of nitrogens with zero attached hydrogens (tertiary/aromatic N) is 3. The standard InChI is InChI=1S/C31H41N5O2/c1-2-38-29(37)30(23-35-27-13-8-10-25-11-9-19-34-28(25)27)14-16-31(17-15-30,36-20-6-3-7-21-36)24-32-22-26-12-4-5-18-33-26/h4-5,9,11-12,14-19,27,32,35H,2-3,6-8,10,13,20-24H2,1H3. The average molecular weight is 516 g/mol. The van der Waals surface area contributed by atoms with Crippen LogP contribution in [0.4, 0.5) is 0 Å². The van der Waals surface area contributed by atoms with E-state index in [4.69, 9.17) is 4.74 Å². The molecular weight excluding hydrogens is 474 g/mol. The summed E-state index contributed by atoms with van der Waals surface area (Å²) in [5.74, 6) is -0.203. The Morgan fingerprint density at radius 1 is 1.00 bits per heavy atom. The summed E-state index contributed by atoms with van der Waals surface area (Å²) in [6.45, 7) is 6.27. The third-order valence-corrected chi connectivity index (χ3v) is 8.22. The molecule has 0 bridgehead atoms. The molecule has 1 aliphatic heterocycles. The van der Waals surface area contributed by atoms with Crippen LogP contribution in [0.25, 0.3) is 0 Å². The van der Waals surface area contributed by atoms with Crippen LogP contribution in [0.5, 0.6) is 0 Å². The molecule has 2 aliphatic carbocycles. The molecule has 0 radical (unpaired) electrons. The number of hydrogen-bond donors (Lipinski definition) is 2. The van der Waals surface area contributed by atoms with Crippen molar-refractivity contribution in [2.75, 3.05) is 32.8 Å². The van der Waals surface area contributed by atoms with Crippen molar-refractivity contribution in [3.05, 3.63) is 84.0 Å². The fourth-order valence-electron chi connectivity index (χ4n) is 6.03. The van der Waals surface area contributed by atoms with Crippen LogP contribution in [0.2, 0.25) is 0 Å². The zero-order valence-corrected chi connectivity index (χ0v) is 22.6. The van der Waals surface area contributed by atoms with E-state index in [1.165, 1.54) is 24.8 Å². The summed E-state index contributed by atoms with van der Waals surface area (Å²) >= 11 is 0. The topological polar surface area (TPSA) is 79.4 Å². The number of nitrogens with one attached hydrogen (secondary N) is 2. The van der Waals surface area contributed by atoms with E-state index in [1.807, 2.05) is 43.6 Å². The first-order chi connectivity index (χ1) is 18.6. The summed E-state index contributed by atoms with van der Waals surface area (Å²) in [4.78, 5) is 25.1. The second-order valence-corrected chi connectivity index (χ2v) is 10.8. The summed E-state index contributed by atoms with van der Waals surface area (Å²) in [5.41, 5.74) is 2.31. The molecule has 202 valence electrons. The third kappa shape index (κ3) is 5.90. The maximum atomic E-state index is 13.4. The number of aryl methyl sites for hydroxylation is 1. The second kappa shape index (κ2) is 12.3. The van der Waals surface area contributed by atoms with Gasteiger partial charge in [-0.25, -0.2) is 0 Å². The van der Waals surface area contributed by atoms with Gasteiger partial charge in [-0.05, 0) is 75.9 Å². The van der Waals surface area contributed by atoms with Crippen molar-refractivity contribution < 1.29 is 9.53 Å². The quantitative estimate of drug-likeness (QED) is 0.364. The van der Waals surface area contributed by atoms with E-state index >= 15 is 0 Å². The number of esters is 1. The van der Waals surface area contributed by atoms with Gasteiger partial charge in [0.1, 0.15) is 5.41 Å². The first-order valence-electron chi connectivity index (χ1n) is 14.2. The SMILES string of the molecule is CCOC(=O)C1(CNC2CCCc3cccnc32)C=CC(CNCc2ccccn2)(N2CCCCC2)C=C1. The lowest BCUT2D eigenvalue weighted by atomic mass is 9.77. The Labute approximate surface area is 226 Å². The van der Waals surface area contributed by atoms with Gasteiger partial charge in [0.15, 0.2) is 0 Å². The summed E-state index contributed by atoms with van der Waals surface area (Å²) in [5, 5.41) is 7.34. The molecule has 2 aromatic rings. The van der Waals surface area contributed by atoms with Gasteiger partial charge in [0.25, 0.3) is 0 Å². The number of carbonyl (C=O) groups is 1. The largest absolute Gasteiger partial charge is 0.465 e. The number of fused-ring (bicyclic) bond motifs is 1. The van der Waals surface area contributed by atoms with E-state index in [-0.39, 0.29) is 17.6 Å². The maximum absolute atomic E-state index is 13.4. The van der Waals surface area contributed by atoms with Crippen LogP contribution >= 0.6 is 0 Å². The van der Waals surface area contributed by atoms with Gasteiger partial charge >= 0.3 is 5.97 Å². The minimum Gasteiger partial charge on any atom is -0.465 e. The molecule has 1 saturated heterocycles. The van der Waals surface area contributed by atoms with Crippen molar-refractivity contribution in [3.63, 3.8) is 0 Å². The van der Waals surface area contributed by atoms with Gasteiger partial charge in [-0.3, -0.25) is 19.7 Å². The highest BCUT2D eigenvalue weighted by atomic mass is 16.5. The summed E-state index contributed by atoms with van der Waals surface area (Å²) < 4.78 is 5.61.